The molecule has 1 aliphatic rings. The van der Waals surface area contributed by atoms with Crippen LogP contribution < -0.4 is 11.3 Å². The Morgan fingerprint density at radius 3 is 3.20 bits per heavy atom. The second-order valence-corrected chi connectivity index (χ2v) is 4.94. The highest BCUT2D eigenvalue weighted by atomic mass is 32.1. The maximum Gasteiger partial charge on any atom is 0.0794 e. The van der Waals surface area contributed by atoms with E-state index < -0.39 is 0 Å². The molecule has 0 aliphatic carbocycles. The van der Waals surface area contributed by atoms with E-state index >= 15 is 0 Å². The summed E-state index contributed by atoms with van der Waals surface area (Å²) in [6.07, 6.45) is 4.25. The fourth-order valence-electron chi connectivity index (χ4n) is 2.17. The van der Waals surface area contributed by atoms with Crippen molar-refractivity contribution in [2.75, 3.05) is 6.61 Å². The van der Waals surface area contributed by atoms with Crippen LogP contribution in [0.25, 0.3) is 0 Å². The monoisotopic (exact) mass is 227 g/mol. The maximum absolute atomic E-state index is 5.61. The Labute approximate surface area is 93.8 Å². The van der Waals surface area contributed by atoms with Gasteiger partial charge >= 0.3 is 0 Å². The lowest BCUT2D eigenvalue weighted by molar-refractivity contribution is 0.0955. The Bertz CT molecular complexity index is 291. The molecule has 0 amide bonds. The molecule has 1 aromatic rings. The summed E-state index contributed by atoms with van der Waals surface area (Å²) in [7, 11) is 0. The minimum Gasteiger partial charge on any atom is -0.378 e. The van der Waals surface area contributed by atoms with Crippen LogP contribution >= 0.6 is 11.3 Å². The fourth-order valence-corrected chi connectivity index (χ4v) is 2.82. The van der Waals surface area contributed by atoms with E-state index in [2.05, 4.69) is 17.3 Å². The summed E-state index contributed by atoms with van der Waals surface area (Å²) in [6, 6.07) is 0.294. The SMILES string of the molecule is CC1OCCC1C(Cc1cncs1)NN. The first-order valence-corrected chi connectivity index (χ1v) is 6.14. The van der Waals surface area contributed by atoms with Crippen molar-refractivity contribution in [2.45, 2.75) is 31.9 Å². The first kappa shape index (κ1) is 11.0. The summed E-state index contributed by atoms with van der Waals surface area (Å²) >= 11 is 1.68. The predicted octanol–water partition coefficient (Wildman–Crippen LogP) is 0.942. The van der Waals surface area contributed by atoms with Crippen molar-refractivity contribution >= 4 is 11.3 Å². The third-order valence-electron chi connectivity index (χ3n) is 3.07. The Hall–Kier alpha value is -0.490. The van der Waals surface area contributed by atoms with Crippen molar-refractivity contribution in [3.63, 3.8) is 0 Å². The summed E-state index contributed by atoms with van der Waals surface area (Å²) < 4.78 is 5.56. The lowest BCUT2D eigenvalue weighted by Crippen LogP contribution is -2.44. The Morgan fingerprint density at radius 2 is 2.67 bits per heavy atom. The highest BCUT2D eigenvalue weighted by Gasteiger charge is 2.31. The number of hydrogen-bond acceptors (Lipinski definition) is 5. The zero-order valence-electron chi connectivity index (χ0n) is 8.85. The molecule has 3 N–H and O–H groups in total. The third-order valence-corrected chi connectivity index (χ3v) is 3.87. The third kappa shape index (κ3) is 2.55. The van der Waals surface area contributed by atoms with E-state index in [9.17, 15) is 0 Å². The van der Waals surface area contributed by atoms with Crippen LogP contribution in [-0.2, 0) is 11.2 Å². The number of ether oxygens (including phenoxy) is 1. The topological polar surface area (TPSA) is 60.2 Å². The molecule has 5 heteroatoms. The Balaban J connectivity index is 1.97. The summed E-state index contributed by atoms with van der Waals surface area (Å²) in [6.45, 7) is 2.97. The van der Waals surface area contributed by atoms with Crippen LogP contribution in [-0.4, -0.2) is 23.7 Å². The van der Waals surface area contributed by atoms with Crippen LogP contribution in [0.5, 0.6) is 0 Å². The smallest absolute Gasteiger partial charge is 0.0794 e. The number of aromatic nitrogens is 1. The van der Waals surface area contributed by atoms with Crippen molar-refractivity contribution < 1.29 is 4.74 Å². The number of nitrogens with two attached hydrogens (primary N) is 1. The van der Waals surface area contributed by atoms with Crippen molar-refractivity contribution in [3.05, 3.63) is 16.6 Å². The number of hydrogen-bond donors (Lipinski definition) is 2. The van der Waals surface area contributed by atoms with Gasteiger partial charge in [-0.1, -0.05) is 0 Å². The number of hydrazine groups is 1. The summed E-state index contributed by atoms with van der Waals surface area (Å²) in [4.78, 5) is 5.35. The second-order valence-electron chi connectivity index (χ2n) is 3.97. The second kappa shape index (κ2) is 5.03. The minimum absolute atomic E-state index is 0.294. The van der Waals surface area contributed by atoms with Gasteiger partial charge in [0.15, 0.2) is 0 Å². The summed E-state index contributed by atoms with van der Waals surface area (Å²) in [5.74, 6) is 6.12. The van der Waals surface area contributed by atoms with E-state index in [1.54, 1.807) is 11.3 Å². The molecule has 0 aromatic carbocycles. The highest BCUT2D eigenvalue weighted by molar-refractivity contribution is 7.09. The van der Waals surface area contributed by atoms with Gasteiger partial charge < -0.3 is 4.74 Å². The van der Waals surface area contributed by atoms with E-state index in [1.165, 1.54) is 4.88 Å². The van der Waals surface area contributed by atoms with Crippen LogP contribution in [0.4, 0.5) is 0 Å². The van der Waals surface area contributed by atoms with Gasteiger partial charge in [-0.3, -0.25) is 16.3 Å². The predicted molar refractivity (Wildman–Crippen MR) is 60.5 cm³/mol. The van der Waals surface area contributed by atoms with E-state index in [1.807, 2.05) is 11.7 Å². The molecule has 0 radical (unpaired) electrons. The highest BCUT2D eigenvalue weighted by Crippen LogP contribution is 2.26. The molecule has 15 heavy (non-hydrogen) atoms. The molecule has 4 nitrogen and oxygen atoms in total. The zero-order chi connectivity index (χ0) is 10.7. The van der Waals surface area contributed by atoms with E-state index in [4.69, 9.17) is 10.6 Å². The summed E-state index contributed by atoms with van der Waals surface area (Å²) in [5.41, 5.74) is 4.77. The summed E-state index contributed by atoms with van der Waals surface area (Å²) in [5, 5.41) is 0. The average Bonchev–Trinajstić information content (AvgIpc) is 2.85. The molecule has 0 bridgehead atoms. The van der Waals surface area contributed by atoms with Gasteiger partial charge in [0.2, 0.25) is 0 Å². The van der Waals surface area contributed by atoms with E-state index in [0.717, 1.165) is 19.4 Å². The zero-order valence-corrected chi connectivity index (χ0v) is 9.67. The molecule has 0 spiro atoms. The standard InChI is InChI=1S/C10H17N3OS/c1-7-9(2-3-14-7)10(13-11)4-8-5-12-6-15-8/h5-7,9-10,13H,2-4,11H2,1H3. The van der Waals surface area contributed by atoms with Crippen LogP contribution in [0.15, 0.2) is 11.7 Å². The molecular weight excluding hydrogens is 210 g/mol. The maximum atomic E-state index is 5.61. The van der Waals surface area contributed by atoms with Crippen LogP contribution in [0.3, 0.4) is 0 Å². The number of rotatable bonds is 4. The average molecular weight is 227 g/mol. The number of nitrogens with one attached hydrogen (secondary N) is 1. The molecule has 2 heterocycles. The van der Waals surface area contributed by atoms with Gasteiger partial charge in [-0.05, 0) is 13.3 Å². The van der Waals surface area contributed by atoms with Crippen LogP contribution in [0, 0.1) is 5.92 Å². The van der Waals surface area contributed by atoms with E-state index in [-0.39, 0.29) is 0 Å². The first-order valence-electron chi connectivity index (χ1n) is 5.26. The van der Waals surface area contributed by atoms with Gasteiger partial charge in [-0.15, -0.1) is 11.3 Å². The Morgan fingerprint density at radius 1 is 1.80 bits per heavy atom. The number of nitrogens with zero attached hydrogens (tertiary/aromatic N) is 1. The largest absolute Gasteiger partial charge is 0.378 e. The van der Waals surface area contributed by atoms with Gasteiger partial charge in [0.1, 0.15) is 0 Å². The molecule has 3 unspecified atom stereocenters. The first-order chi connectivity index (χ1) is 7.31. The van der Waals surface area contributed by atoms with Crippen molar-refractivity contribution in [1.29, 1.82) is 0 Å². The molecule has 0 saturated carbocycles. The molecule has 2 rings (SSSR count). The van der Waals surface area contributed by atoms with Crippen molar-refractivity contribution in [3.8, 4) is 0 Å². The molecule has 1 aromatic heterocycles. The Kier molecular flexibility index (Phi) is 3.69. The van der Waals surface area contributed by atoms with Crippen molar-refractivity contribution in [2.24, 2.45) is 11.8 Å². The van der Waals surface area contributed by atoms with Crippen LogP contribution in [0.2, 0.25) is 0 Å². The molecule has 84 valence electrons. The molecule has 3 atom stereocenters. The van der Waals surface area contributed by atoms with E-state index in [0.29, 0.717) is 18.1 Å². The quantitative estimate of drug-likeness (QED) is 0.594. The normalized spacial score (nSPS) is 28.1. The van der Waals surface area contributed by atoms with Gasteiger partial charge in [0, 0.05) is 36.1 Å². The molecular formula is C10H17N3OS. The molecule has 1 aliphatic heterocycles. The van der Waals surface area contributed by atoms with Gasteiger partial charge in [0.25, 0.3) is 0 Å². The van der Waals surface area contributed by atoms with Gasteiger partial charge in [-0.25, -0.2) is 0 Å². The fraction of sp³-hybridized carbons (Fsp3) is 0.700. The minimum atomic E-state index is 0.294. The lowest BCUT2D eigenvalue weighted by Gasteiger charge is -2.24. The molecule has 1 fully saturated rings. The van der Waals surface area contributed by atoms with Crippen molar-refractivity contribution in [1.82, 2.24) is 10.4 Å². The van der Waals surface area contributed by atoms with Gasteiger partial charge in [-0.2, -0.15) is 0 Å². The number of thiazole rings is 1. The lowest BCUT2D eigenvalue weighted by atomic mass is 9.91. The van der Waals surface area contributed by atoms with Gasteiger partial charge in [0.05, 0.1) is 11.6 Å². The molecule has 1 saturated heterocycles. The van der Waals surface area contributed by atoms with Crippen LogP contribution in [0.1, 0.15) is 18.2 Å².